The number of hydrogen-bond donors (Lipinski definition) is 0. The summed E-state index contributed by atoms with van der Waals surface area (Å²) in [6.45, 7) is 0. The molecule has 2 nitrogen and oxygen atoms in total. The molecule has 0 fully saturated rings. The Hall–Kier alpha value is -7.94. The Balaban J connectivity index is 0.901. The van der Waals surface area contributed by atoms with Gasteiger partial charge in [0.2, 0.25) is 0 Å². The second-order valence-corrected chi connectivity index (χ2v) is 15.3. The zero-order chi connectivity index (χ0) is 39.8. The lowest BCUT2D eigenvalue weighted by atomic mass is 9.96. The Morgan fingerprint density at radius 1 is 0.267 bits per heavy atom. The Morgan fingerprint density at radius 3 is 1.37 bits per heavy atom. The molecule has 0 atom stereocenters. The second kappa shape index (κ2) is 15.1. The minimum absolute atomic E-state index is 0.906. The van der Waals surface area contributed by atoms with Gasteiger partial charge in [-0.05, 0) is 115 Å². The first kappa shape index (κ1) is 35.2. The molecule has 0 aliphatic rings. The average Bonchev–Trinajstić information content (AvgIpc) is 3.72. The lowest BCUT2D eigenvalue weighted by Crippen LogP contribution is -2.09. The first-order valence-electron chi connectivity index (χ1n) is 20.5. The van der Waals surface area contributed by atoms with Crippen molar-refractivity contribution in [1.29, 1.82) is 0 Å². The lowest BCUT2D eigenvalue weighted by Gasteiger charge is -2.26. The molecule has 0 amide bonds. The van der Waals surface area contributed by atoms with Crippen molar-refractivity contribution in [2.24, 2.45) is 0 Å². The quantitative estimate of drug-likeness (QED) is 0.153. The molecule has 2 heteroatoms. The molecule has 0 unspecified atom stereocenters. The molecular weight excluding hydrogens is 727 g/mol. The molecule has 11 rings (SSSR count). The lowest BCUT2D eigenvalue weighted by molar-refractivity contribution is 0.670. The highest BCUT2D eigenvalue weighted by atomic mass is 16.3. The van der Waals surface area contributed by atoms with Crippen LogP contribution in [0.25, 0.3) is 88.3 Å². The first-order valence-corrected chi connectivity index (χ1v) is 20.5. The number of rotatable bonds is 8. The third-order valence-electron chi connectivity index (χ3n) is 11.7. The van der Waals surface area contributed by atoms with Gasteiger partial charge in [-0.1, -0.05) is 182 Å². The van der Waals surface area contributed by atoms with E-state index < -0.39 is 0 Å². The number of benzene rings is 10. The minimum Gasteiger partial charge on any atom is -0.455 e. The van der Waals surface area contributed by atoms with E-state index in [4.69, 9.17) is 4.42 Å². The molecule has 0 spiro atoms. The van der Waals surface area contributed by atoms with Crippen LogP contribution in [-0.2, 0) is 0 Å². The van der Waals surface area contributed by atoms with Gasteiger partial charge in [-0.25, -0.2) is 0 Å². The largest absolute Gasteiger partial charge is 0.455 e. The molecule has 0 aliphatic carbocycles. The van der Waals surface area contributed by atoms with Crippen molar-refractivity contribution in [2.45, 2.75) is 0 Å². The van der Waals surface area contributed by atoms with E-state index in [1.165, 1.54) is 55.3 Å². The summed E-state index contributed by atoms with van der Waals surface area (Å²) in [5, 5.41) is 4.78. The molecule has 0 bridgehead atoms. The summed E-state index contributed by atoms with van der Waals surface area (Å²) in [6, 6.07) is 84.8. The third-order valence-corrected chi connectivity index (χ3v) is 11.7. The van der Waals surface area contributed by atoms with Crippen molar-refractivity contribution >= 4 is 49.8 Å². The summed E-state index contributed by atoms with van der Waals surface area (Å²) >= 11 is 0. The van der Waals surface area contributed by atoms with E-state index in [0.29, 0.717) is 0 Å². The monoisotopic (exact) mass is 765 g/mol. The maximum Gasteiger partial charge on any atom is 0.143 e. The highest BCUT2D eigenvalue weighted by molar-refractivity contribution is 6.09. The van der Waals surface area contributed by atoms with Gasteiger partial charge in [0, 0.05) is 33.4 Å². The summed E-state index contributed by atoms with van der Waals surface area (Å²) in [7, 11) is 0. The van der Waals surface area contributed by atoms with Crippen LogP contribution in [0.3, 0.4) is 0 Å². The van der Waals surface area contributed by atoms with Crippen molar-refractivity contribution in [1.82, 2.24) is 0 Å². The van der Waals surface area contributed by atoms with Crippen LogP contribution in [0.5, 0.6) is 0 Å². The van der Waals surface area contributed by atoms with E-state index in [1.807, 2.05) is 12.1 Å². The molecule has 10 aromatic carbocycles. The fraction of sp³-hybridized carbons (Fsp3) is 0. The van der Waals surface area contributed by atoms with Crippen LogP contribution in [-0.4, -0.2) is 0 Å². The van der Waals surface area contributed by atoms with Gasteiger partial charge in [-0.2, -0.15) is 0 Å². The van der Waals surface area contributed by atoms with Crippen LogP contribution in [0.4, 0.5) is 17.1 Å². The van der Waals surface area contributed by atoms with Gasteiger partial charge in [0.15, 0.2) is 0 Å². The predicted octanol–water partition coefficient (Wildman–Crippen LogP) is 16.5. The van der Waals surface area contributed by atoms with Crippen LogP contribution < -0.4 is 4.90 Å². The Morgan fingerprint density at radius 2 is 0.700 bits per heavy atom. The van der Waals surface area contributed by atoms with Gasteiger partial charge in [-0.3, -0.25) is 0 Å². The van der Waals surface area contributed by atoms with Gasteiger partial charge in [0.1, 0.15) is 11.2 Å². The Kier molecular flexibility index (Phi) is 8.87. The van der Waals surface area contributed by atoms with Crippen molar-refractivity contribution in [2.75, 3.05) is 4.90 Å². The Bertz CT molecular complexity index is 3270. The summed E-state index contributed by atoms with van der Waals surface area (Å²) in [6.07, 6.45) is 0. The summed E-state index contributed by atoms with van der Waals surface area (Å²) in [5.74, 6) is 0. The minimum atomic E-state index is 0.906. The van der Waals surface area contributed by atoms with Gasteiger partial charge < -0.3 is 9.32 Å². The fourth-order valence-corrected chi connectivity index (χ4v) is 8.55. The van der Waals surface area contributed by atoms with Crippen molar-refractivity contribution in [3.63, 3.8) is 0 Å². The van der Waals surface area contributed by atoms with Crippen molar-refractivity contribution in [3.05, 3.63) is 237 Å². The average molecular weight is 766 g/mol. The standard InChI is InChI=1S/C58H39NO/c1-2-10-40(11-3-1)43-26-32-51(33-27-43)59(53-36-30-46(31-37-53)54-17-9-18-56-55-16-6-7-19-57(55)60-58(54)56)52-34-28-44(29-35-52)42-20-22-45(23-21-42)48-14-8-15-49(38-48)50-25-24-41-12-4-5-13-47(41)39-50/h1-39H. The molecule has 0 radical (unpaired) electrons. The molecule has 0 saturated carbocycles. The Labute approximate surface area is 349 Å². The van der Waals surface area contributed by atoms with Gasteiger partial charge in [0.05, 0.1) is 0 Å². The molecule has 60 heavy (non-hydrogen) atoms. The maximum atomic E-state index is 6.40. The van der Waals surface area contributed by atoms with Crippen LogP contribution in [0.2, 0.25) is 0 Å². The number of furan rings is 1. The third kappa shape index (κ3) is 6.61. The van der Waals surface area contributed by atoms with Gasteiger partial charge in [-0.15, -0.1) is 0 Å². The molecule has 0 aliphatic heterocycles. The smallest absolute Gasteiger partial charge is 0.143 e. The maximum absolute atomic E-state index is 6.40. The fourth-order valence-electron chi connectivity index (χ4n) is 8.55. The second-order valence-electron chi connectivity index (χ2n) is 15.3. The normalized spacial score (nSPS) is 11.3. The topological polar surface area (TPSA) is 16.4 Å². The van der Waals surface area contributed by atoms with Crippen LogP contribution in [0.1, 0.15) is 0 Å². The molecular formula is C58H39NO. The zero-order valence-electron chi connectivity index (χ0n) is 32.9. The van der Waals surface area contributed by atoms with E-state index in [9.17, 15) is 0 Å². The number of anilines is 3. The van der Waals surface area contributed by atoms with Crippen LogP contribution in [0, 0.1) is 0 Å². The summed E-state index contributed by atoms with van der Waals surface area (Å²) in [5.41, 5.74) is 16.9. The number of hydrogen-bond acceptors (Lipinski definition) is 2. The molecule has 0 N–H and O–H groups in total. The van der Waals surface area contributed by atoms with E-state index >= 15 is 0 Å². The number of nitrogens with zero attached hydrogens (tertiary/aromatic N) is 1. The highest BCUT2D eigenvalue weighted by Crippen LogP contribution is 2.40. The number of fused-ring (bicyclic) bond motifs is 4. The van der Waals surface area contributed by atoms with Crippen LogP contribution >= 0.6 is 0 Å². The van der Waals surface area contributed by atoms with Crippen molar-refractivity contribution in [3.8, 4) is 55.6 Å². The zero-order valence-corrected chi connectivity index (χ0v) is 32.9. The summed E-state index contributed by atoms with van der Waals surface area (Å²) in [4.78, 5) is 2.33. The van der Waals surface area contributed by atoms with Crippen molar-refractivity contribution < 1.29 is 4.42 Å². The van der Waals surface area contributed by atoms with E-state index in [2.05, 4.69) is 229 Å². The molecule has 282 valence electrons. The highest BCUT2D eigenvalue weighted by Gasteiger charge is 2.16. The number of para-hydroxylation sites is 2. The molecule has 1 heterocycles. The molecule has 0 saturated heterocycles. The molecule has 11 aromatic rings. The molecule has 1 aromatic heterocycles. The first-order chi connectivity index (χ1) is 29.7. The van der Waals surface area contributed by atoms with Crippen LogP contribution in [0.15, 0.2) is 241 Å². The SMILES string of the molecule is c1ccc(-c2ccc(N(c3ccc(-c4ccc(-c5cccc(-c6ccc7ccccc7c6)c5)cc4)cc3)c3ccc(-c4cccc5c4oc4ccccc45)cc3)cc2)cc1. The predicted molar refractivity (Wildman–Crippen MR) is 253 cm³/mol. The van der Waals surface area contributed by atoms with Gasteiger partial charge in [0.25, 0.3) is 0 Å². The van der Waals surface area contributed by atoms with E-state index in [-0.39, 0.29) is 0 Å². The van der Waals surface area contributed by atoms with E-state index in [1.54, 1.807) is 0 Å². The van der Waals surface area contributed by atoms with Gasteiger partial charge >= 0.3 is 0 Å². The van der Waals surface area contributed by atoms with E-state index in [0.717, 1.165) is 50.1 Å². The summed E-state index contributed by atoms with van der Waals surface area (Å²) < 4.78 is 6.40.